The SMILES string of the molecule is Nc1nc2ccccc2cc1C(=O)O. The van der Waals surface area contributed by atoms with Gasteiger partial charge in [0.15, 0.2) is 0 Å². The molecule has 0 saturated carbocycles. The van der Waals surface area contributed by atoms with Crippen molar-refractivity contribution in [1.82, 2.24) is 4.98 Å². The minimum atomic E-state index is -1.05. The summed E-state index contributed by atoms with van der Waals surface area (Å²) in [6, 6.07) is 8.77. The number of aromatic carboxylic acids is 1. The Kier molecular flexibility index (Phi) is 1.81. The Labute approximate surface area is 80.0 Å². The van der Waals surface area contributed by atoms with Crippen LogP contribution in [0.15, 0.2) is 30.3 Å². The fourth-order valence-electron chi connectivity index (χ4n) is 1.30. The summed E-state index contributed by atoms with van der Waals surface area (Å²) in [4.78, 5) is 14.7. The van der Waals surface area contributed by atoms with E-state index in [4.69, 9.17) is 10.8 Å². The molecule has 2 rings (SSSR count). The fraction of sp³-hybridized carbons (Fsp3) is 0. The van der Waals surface area contributed by atoms with Crippen molar-refractivity contribution in [1.29, 1.82) is 0 Å². The maximum Gasteiger partial charge on any atom is 0.339 e. The predicted octanol–water partition coefficient (Wildman–Crippen LogP) is 1.52. The molecule has 3 N–H and O–H groups in total. The molecular weight excluding hydrogens is 180 g/mol. The van der Waals surface area contributed by atoms with Crippen molar-refractivity contribution in [2.75, 3.05) is 5.73 Å². The summed E-state index contributed by atoms with van der Waals surface area (Å²) in [6.45, 7) is 0. The molecule has 0 spiro atoms. The largest absolute Gasteiger partial charge is 0.478 e. The topological polar surface area (TPSA) is 76.2 Å². The van der Waals surface area contributed by atoms with E-state index in [2.05, 4.69) is 4.98 Å². The van der Waals surface area contributed by atoms with Gasteiger partial charge in [0.1, 0.15) is 11.4 Å². The Balaban J connectivity index is 2.77. The van der Waals surface area contributed by atoms with Gasteiger partial charge >= 0.3 is 5.97 Å². The number of nitrogen functional groups attached to an aromatic ring is 1. The molecular formula is C10H8N2O2. The number of aromatic nitrogens is 1. The summed E-state index contributed by atoms with van der Waals surface area (Å²) >= 11 is 0. The van der Waals surface area contributed by atoms with Gasteiger partial charge in [-0.2, -0.15) is 0 Å². The van der Waals surface area contributed by atoms with Gasteiger partial charge in [-0.25, -0.2) is 9.78 Å². The van der Waals surface area contributed by atoms with Crippen molar-refractivity contribution in [3.8, 4) is 0 Å². The summed E-state index contributed by atoms with van der Waals surface area (Å²) in [6.07, 6.45) is 0. The van der Waals surface area contributed by atoms with Crippen molar-refractivity contribution in [2.24, 2.45) is 0 Å². The number of rotatable bonds is 1. The van der Waals surface area contributed by atoms with Crippen molar-refractivity contribution in [3.63, 3.8) is 0 Å². The third-order valence-corrected chi connectivity index (χ3v) is 1.98. The summed E-state index contributed by atoms with van der Waals surface area (Å²) < 4.78 is 0. The molecule has 70 valence electrons. The Morgan fingerprint density at radius 3 is 2.79 bits per heavy atom. The molecule has 4 nitrogen and oxygen atoms in total. The normalized spacial score (nSPS) is 10.3. The minimum absolute atomic E-state index is 0.0451. The highest BCUT2D eigenvalue weighted by molar-refractivity contribution is 5.97. The smallest absolute Gasteiger partial charge is 0.339 e. The molecule has 0 atom stereocenters. The molecule has 0 aliphatic rings. The third-order valence-electron chi connectivity index (χ3n) is 1.98. The van der Waals surface area contributed by atoms with Crippen molar-refractivity contribution >= 4 is 22.7 Å². The number of anilines is 1. The van der Waals surface area contributed by atoms with Crippen LogP contribution in [0.2, 0.25) is 0 Å². The van der Waals surface area contributed by atoms with Gasteiger partial charge < -0.3 is 10.8 Å². The first-order chi connectivity index (χ1) is 6.68. The van der Waals surface area contributed by atoms with Crippen LogP contribution >= 0.6 is 0 Å². The summed E-state index contributed by atoms with van der Waals surface area (Å²) in [5.74, 6) is -1.00. The molecule has 0 aliphatic heterocycles. The fourth-order valence-corrected chi connectivity index (χ4v) is 1.30. The lowest BCUT2D eigenvalue weighted by atomic mass is 10.1. The maximum absolute atomic E-state index is 10.7. The standard InChI is InChI=1S/C10H8N2O2/c11-9-7(10(13)14)5-6-3-1-2-4-8(6)12-9/h1-5H,(H2,11,12)(H,13,14). The first-order valence-electron chi connectivity index (χ1n) is 4.07. The number of carboxylic acids is 1. The number of hydrogen-bond donors (Lipinski definition) is 2. The molecule has 0 unspecified atom stereocenters. The van der Waals surface area contributed by atoms with E-state index < -0.39 is 5.97 Å². The van der Waals surface area contributed by atoms with Crippen molar-refractivity contribution in [2.45, 2.75) is 0 Å². The number of para-hydroxylation sites is 1. The van der Waals surface area contributed by atoms with Gasteiger partial charge in [-0.3, -0.25) is 0 Å². The third kappa shape index (κ3) is 1.26. The first kappa shape index (κ1) is 8.50. The van der Waals surface area contributed by atoms with Crippen molar-refractivity contribution in [3.05, 3.63) is 35.9 Å². The van der Waals surface area contributed by atoms with E-state index in [9.17, 15) is 4.79 Å². The first-order valence-corrected chi connectivity index (χ1v) is 4.07. The molecule has 0 amide bonds. The molecule has 0 aliphatic carbocycles. The van der Waals surface area contributed by atoms with Crippen LogP contribution in [-0.4, -0.2) is 16.1 Å². The number of hydrogen-bond acceptors (Lipinski definition) is 3. The van der Waals surface area contributed by atoms with E-state index in [1.54, 1.807) is 12.1 Å². The molecule has 14 heavy (non-hydrogen) atoms. The Hall–Kier alpha value is -2.10. The number of fused-ring (bicyclic) bond motifs is 1. The molecule has 0 fully saturated rings. The summed E-state index contributed by atoms with van der Waals surface area (Å²) in [7, 11) is 0. The Morgan fingerprint density at radius 1 is 1.36 bits per heavy atom. The highest BCUT2D eigenvalue weighted by Crippen LogP contribution is 2.17. The van der Waals surface area contributed by atoms with Crippen LogP contribution in [-0.2, 0) is 0 Å². The lowest BCUT2D eigenvalue weighted by Crippen LogP contribution is -2.04. The van der Waals surface area contributed by atoms with E-state index >= 15 is 0 Å². The molecule has 1 aromatic carbocycles. The van der Waals surface area contributed by atoms with Gasteiger partial charge in [0.05, 0.1) is 5.52 Å². The van der Waals surface area contributed by atoms with E-state index in [1.165, 1.54) is 6.07 Å². The summed E-state index contributed by atoms with van der Waals surface area (Å²) in [5, 5.41) is 9.58. The second-order valence-corrected chi connectivity index (χ2v) is 2.92. The van der Waals surface area contributed by atoms with E-state index in [-0.39, 0.29) is 11.4 Å². The highest BCUT2D eigenvalue weighted by Gasteiger charge is 2.09. The zero-order valence-corrected chi connectivity index (χ0v) is 7.27. The van der Waals surface area contributed by atoms with Gasteiger partial charge in [0, 0.05) is 5.39 Å². The van der Waals surface area contributed by atoms with Gasteiger partial charge in [-0.05, 0) is 12.1 Å². The van der Waals surface area contributed by atoms with Crippen molar-refractivity contribution < 1.29 is 9.90 Å². The van der Waals surface area contributed by atoms with E-state index in [1.807, 2.05) is 12.1 Å². The maximum atomic E-state index is 10.7. The number of carboxylic acid groups (broad SMARTS) is 1. The molecule has 0 saturated heterocycles. The zero-order valence-electron chi connectivity index (χ0n) is 7.27. The van der Waals surface area contributed by atoms with Gasteiger partial charge in [0.25, 0.3) is 0 Å². The quantitative estimate of drug-likeness (QED) is 0.711. The molecule has 1 heterocycles. The zero-order chi connectivity index (χ0) is 10.1. The minimum Gasteiger partial charge on any atom is -0.478 e. The monoisotopic (exact) mass is 188 g/mol. The number of nitrogens with two attached hydrogens (primary N) is 1. The number of pyridine rings is 1. The molecule has 2 aromatic rings. The number of carbonyl (C=O) groups is 1. The second kappa shape index (κ2) is 2.99. The van der Waals surface area contributed by atoms with E-state index in [0.29, 0.717) is 5.52 Å². The average Bonchev–Trinajstić information content (AvgIpc) is 2.16. The Bertz CT molecular complexity index is 508. The van der Waals surface area contributed by atoms with Crippen LogP contribution in [0.1, 0.15) is 10.4 Å². The average molecular weight is 188 g/mol. The predicted molar refractivity (Wildman–Crippen MR) is 53.1 cm³/mol. The highest BCUT2D eigenvalue weighted by atomic mass is 16.4. The lowest BCUT2D eigenvalue weighted by molar-refractivity contribution is 0.0698. The number of benzene rings is 1. The second-order valence-electron chi connectivity index (χ2n) is 2.92. The molecule has 4 heteroatoms. The Morgan fingerprint density at radius 2 is 2.07 bits per heavy atom. The van der Waals surface area contributed by atoms with Crippen LogP contribution < -0.4 is 5.73 Å². The summed E-state index contributed by atoms with van der Waals surface area (Å²) in [5.41, 5.74) is 6.24. The van der Waals surface area contributed by atoms with Crippen LogP contribution in [0.25, 0.3) is 10.9 Å². The van der Waals surface area contributed by atoms with Gasteiger partial charge in [-0.1, -0.05) is 18.2 Å². The van der Waals surface area contributed by atoms with Crippen LogP contribution in [0.3, 0.4) is 0 Å². The molecule has 0 bridgehead atoms. The van der Waals surface area contributed by atoms with Gasteiger partial charge in [-0.15, -0.1) is 0 Å². The molecule has 0 radical (unpaired) electrons. The van der Waals surface area contributed by atoms with Crippen LogP contribution in [0, 0.1) is 0 Å². The van der Waals surface area contributed by atoms with Crippen LogP contribution in [0.5, 0.6) is 0 Å². The number of nitrogens with zero attached hydrogens (tertiary/aromatic N) is 1. The van der Waals surface area contributed by atoms with Crippen LogP contribution in [0.4, 0.5) is 5.82 Å². The lowest BCUT2D eigenvalue weighted by Gasteiger charge is -2.02. The van der Waals surface area contributed by atoms with E-state index in [0.717, 1.165) is 5.39 Å². The molecule has 1 aromatic heterocycles. The van der Waals surface area contributed by atoms with Gasteiger partial charge in [0.2, 0.25) is 0 Å².